The molecule has 0 amide bonds. The van der Waals surface area contributed by atoms with Gasteiger partial charge in [-0.15, -0.1) is 0 Å². The molecule has 0 saturated carbocycles. The van der Waals surface area contributed by atoms with Crippen molar-refractivity contribution in [1.29, 1.82) is 0 Å². The molecule has 0 N–H and O–H groups in total. The van der Waals surface area contributed by atoms with Crippen molar-refractivity contribution in [3.8, 4) is 77.9 Å². The molecule has 350 valence electrons. The second-order valence-corrected chi connectivity index (χ2v) is 21.9. The first-order valence-corrected chi connectivity index (χ1v) is 26.3. The van der Waals surface area contributed by atoms with Gasteiger partial charge in [-0.25, -0.2) is 0 Å². The van der Waals surface area contributed by atoms with E-state index < -0.39 is 5.41 Å². The Morgan fingerprint density at radius 2 is 0.662 bits per heavy atom. The molecule has 1 heteroatoms. The van der Waals surface area contributed by atoms with Crippen LogP contribution in [-0.4, -0.2) is 0 Å². The van der Waals surface area contributed by atoms with Crippen LogP contribution in [0.2, 0.25) is 0 Å². The van der Waals surface area contributed by atoms with Gasteiger partial charge in [0.1, 0.15) is 0 Å². The van der Waals surface area contributed by atoms with Gasteiger partial charge in [0.2, 0.25) is 0 Å². The van der Waals surface area contributed by atoms with E-state index in [1.165, 1.54) is 128 Å². The van der Waals surface area contributed by atoms with E-state index in [-0.39, 0.29) is 10.8 Å². The summed E-state index contributed by atoms with van der Waals surface area (Å²) in [6, 6.07) is 94.1. The van der Waals surface area contributed by atoms with Crippen molar-refractivity contribution in [2.24, 2.45) is 0 Å². The Morgan fingerprint density at radius 3 is 1.28 bits per heavy atom. The number of hydrogen-bond donors (Lipinski definition) is 0. The third-order valence-electron chi connectivity index (χ3n) is 17.5. The molecule has 0 fully saturated rings. The maximum absolute atomic E-state index is 2.58. The van der Waals surface area contributed by atoms with Crippen LogP contribution in [0.15, 0.2) is 249 Å². The molecule has 0 radical (unpaired) electrons. The lowest BCUT2D eigenvalue weighted by Gasteiger charge is -2.32. The van der Waals surface area contributed by atoms with Crippen molar-refractivity contribution in [2.75, 3.05) is 4.90 Å². The SMILES string of the molecule is CC1(C)c2ccccc2-c2c(-c3ccc(-c4ccc5c(c4)-c4ccccc4C54c5ccccc5-c5ccccc54)c(N(c4ccc(-c5ccccc5)cc4)c4cccc5c4-c4ccccc4C5(C)C)c3)cccc21. The largest absolute Gasteiger partial charge is 0.309 e. The number of rotatable bonds is 6. The maximum atomic E-state index is 2.58. The van der Waals surface area contributed by atoms with Gasteiger partial charge in [0.15, 0.2) is 0 Å². The first kappa shape index (κ1) is 42.9. The number of fused-ring (bicyclic) bond motifs is 16. The molecule has 15 rings (SSSR count). The predicted molar refractivity (Wildman–Crippen MR) is 309 cm³/mol. The Bertz CT molecular complexity index is 4090. The lowest BCUT2D eigenvalue weighted by Crippen LogP contribution is -2.25. The molecular weight excluding hydrogens is 891 g/mol. The molecule has 1 nitrogen and oxygen atoms in total. The summed E-state index contributed by atoms with van der Waals surface area (Å²) in [4.78, 5) is 2.58. The van der Waals surface area contributed by atoms with Gasteiger partial charge in [0.05, 0.1) is 16.8 Å². The van der Waals surface area contributed by atoms with E-state index in [1.54, 1.807) is 0 Å². The van der Waals surface area contributed by atoms with Crippen LogP contribution in [0.1, 0.15) is 72.2 Å². The predicted octanol–water partition coefficient (Wildman–Crippen LogP) is 19.1. The zero-order valence-electron chi connectivity index (χ0n) is 42.1. The van der Waals surface area contributed by atoms with E-state index in [0.717, 1.165) is 11.4 Å². The van der Waals surface area contributed by atoms with Crippen LogP contribution < -0.4 is 4.90 Å². The maximum Gasteiger partial charge on any atom is 0.0725 e. The van der Waals surface area contributed by atoms with Gasteiger partial charge in [-0.3, -0.25) is 0 Å². The monoisotopic (exact) mass is 943 g/mol. The molecule has 1 spiro atoms. The van der Waals surface area contributed by atoms with Crippen LogP contribution in [0.5, 0.6) is 0 Å². The molecule has 0 aromatic heterocycles. The van der Waals surface area contributed by atoms with Gasteiger partial charge in [0.25, 0.3) is 0 Å². The summed E-state index contributed by atoms with van der Waals surface area (Å²) >= 11 is 0. The molecule has 0 saturated heterocycles. The van der Waals surface area contributed by atoms with Crippen molar-refractivity contribution < 1.29 is 0 Å². The van der Waals surface area contributed by atoms with Gasteiger partial charge in [-0.2, -0.15) is 0 Å². The van der Waals surface area contributed by atoms with E-state index in [1.807, 2.05) is 0 Å². The Hall–Kier alpha value is -8.78. The molecule has 4 aliphatic carbocycles. The Morgan fingerprint density at radius 1 is 0.243 bits per heavy atom. The summed E-state index contributed by atoms with van der Waals surface area (Å²) in [5, 5.41) is 0. The third-order valence-corrected chi connectivity index (χ3v) is 17.5. The highest BCUT2D eigenvalue weighted by Crippen LogP contribution is 2.64. The minimum Gasteiger partial charge on any atom is -0.309 e. The summed E-state index contributed by atoms with van der Waals surface area (Å²) in [5.41, 5.74) is 31.2. The van der Waals surface area contributed by atoms with Crippen LogP contribution >= 0.6 is 0 Å². The fourth-order valence-corrected chi connectivity index (χ4v) is 14.2. The topological polar surface area (TPSA) is 3.24 Å². The standard InChI is InChI=1S/C73H53N/c1-71(2)59-28-13-11-25-56(59)69-52(27-18-33-65(69)71)49-38-42-51(48-39-43-64-58(44-48)55-24-10-17-32-63(55)73(64)61-30-15-8-22-53(61)54-23-9-16-31-62(54)73)68(45-49)74(50-40-36-47(37-41-50)46-20-6-5-7-21-46)67-35-19-34-66-70(67)57-26-12-14-29-60(57)72(66,3)4/h5-45H,1-4H3. The van der Waals surface area contributed by atoms with E-state index in [0.29, 0.717) is 0 Å². The zero-order valence-corrected chi connectivity index (χ0v) is 42.1. The van der Waals surface area contributed by atoms with Crippen molar-refractivity contribution in [2.45, 2.75) is 43.9 Å². The summed E-state index contributed by atoms with van der Waals surface area (Å²) < 4.78 is 0. The molecule has 11 aromatic rings. The fourth-order valence-electron chi connectivity index (χ4n) is 14.2. The average Bonchev–Trinajstić information content (AvgIpc) is 4.11. The summed E-state index contributed by atoms with van der Waals surface area (Å²) in [5.74, 6) is 0. The third kappa shape index (κ3) is 5.76. The molecule has 0 unspecified atom stereocenters. The molecule has 4 aliphatic rings. The number of nitrogens with zero attached hydrogens (tertiary/aromatic N) is 1. The molecule has 0 atom stereocenters. The fraction of sp³-hybridized carbons (Fsp3) is 0.0959. The highest BCUT2D eigenvalue weighted by molar-refractivity contribution is 6.02. The van der Waals surface area contributed by atoms with Gasteiger partial charge in [-0.1, -0.05) is 246 Å². The highest BCUT2D eigenvalue weighted by Gasteiger charge is 2.51. The molecular formula is C73H53N. The molecule has 0 bridgehead atoms. The first-order chi connectivity index (χ1) is 36.2. The van der Waals surface area contributed by atoms with E-state index >= 15 is 0 Å². The van der Waals surface area contributed by atoms with Crippen LogP contribution in [0, 0.1) is 0 Å². The lowest BCUT2D eigenvalue weighted by atomic mass is 9.70. The first-order valence-electron chi connectivity index (χ1n) is 26.3. The number of anilines is 3. The molecule has 0 aliphatic heterocycles. The van der Waals surface area contributed by atoms with E-state index in [4.69, 9.17) is 0 Å². The normalized spacial score (nSPS) is 14.8. The van der Waals surface area contributed by atoms with Crippen LogP contribution in [0.3, 0.4) is 0 Å². The average molecular weight is 944 g/mol. The molecule has 0 heterocycles. The van der Waals surface area contributed by atoms with Gasteiger partial charge < -0.3 is 4.90 Å². The minimum absolute atomic E-state index is 0.125. The smallest absolute Gasteiger partial charge is 0.0725 e. The minimum atomic E-state index is -0.417. The van der Waals surface area contributed by atoms with Crippen molar-refractivity contribution >= 4 is 17.1 Å². The van der Waals surface area contributed by atoms with Crippen LogP contribution in [0.25, 0.3) is 77.9 Å². The Labute approximate surface area is 434 Å². The van der Waals surface area contributed by atoms with Gasteiger partial charge >= 0.3 is 0 Å². The summed E-state index contributed by atoms with van der Waals surface area (Å²) in [6.07, 6.45) is 0. The van der Waals surface area contributed by atoms with Crippen LogP contribution in [0.4, 0.5) is 17.1 Å². The zero-order chi connectivity index (χ0) is 49.5. The van der Waals surface area contributed by atoms with Crippen molar-refractivity contribution in [3.63, 3.8) is 0 Å². The highest BCUT2D eigenvalue weighted by atomic mass is 15.1. The van der Waals surface area contributed by atoms with Crippen molar-refractivity contribution in [3.05, 3.63) is 293 Å². The number of hydrogen-bond acceptors (Lipinski definition) is 1. The van der Waals surface area contributed by atoms with E-state index in [9.17, 15) is 0 Å². The Kier molecular flexibility index (Phi) is 9.04. The molecule has 74 heavy (non-hydrogen) atoms. The van der Waals surface area contributed by atoms with Gasteiger partial charge in [0, 0.05) is 27.6 Å². The second-order valence-electron chi connectivity index (χ2n) is 21.9. The molecule has 11 aromatic carbocycles. The van der Waals surface area contributed by atoms with E-state index in [2.05, 4.69) is 281 Å². The Balaban J connectivity index is 1.02. The summed E-state index contributed by atoms with van der Waals surface area (Å²) in [7, 11) is 0. The van der Waals surface area contributed by atoms with Crippen molar-refractivity contribution in [1.82, 2.24) is 0 Å². The number of benzene rings is 11. The lowest BCUT2D eigenvalue weighted by molar-refractivity contribution is 0.660. The second kappa shape index (κ2) is 15.6. The van der Waals surface area contributed by atoms with Gasteiger partial charge in [-0.05, 0) is 142 Å². The quantitative estimate of drug-likeness (QED) is 0.161. The van der Waals surface area contributed by atoms with Crippen LogP contribution in [-0.2, 0) is 16.2 Å². The summed E-state index contributed by atoms with van der Waals surface area (Å²) in [6.45, 7) is 9.53.